The van der Waals surface area contributed by atoms with Crippen molar-refractivity contribution in [2.45, 2.75) is 11.4 Å². The number of sulfonamides is 1. The van der Waals surface area contributed by atoms with Gasteiger partial charge in [0.1, 0.15) is 5.82 Å². The van der Waals surface area contributed by atoms with Crippen LogP contribution in [-0.4, -0.2) is 56.3 Å². The maximum atomic E-state index is 13.3. The second-order valence-corrected chi connectivity index (χ2v) is 8.34. The van der Waals surface area contributed by atoms with Crippen molar-refractivity contribution >= 4 is 15.9 Å². The summed E-state index contributed by atoms with van der Waals surface area (Å²) in [6.45, 7) is 2.13. The first-order valence-electron chi connectivity index (χ1n) is 8.74. The number of carbonyl (C=O) groups excluding carboxylic acids is 1. The van der Waals surface area contributed by atoms with Gasteiger partial charge in [-0.1, -0.05) is 36.4 Å². The Bertz CT molecular complexity index is 882. The van der Waals surface area contributed by atoms with Crippen molar-refractivity contribution in [2.24, 2.45) is 0 Å². The molecule has 0 bridgehead atoms. The van der Waals surface area contributed by atoms with E-state index in [0.717, 1.165) is 11.6 Å². The molecule has 0 unspecified atom stereocenters. The van der Waals surface area contributed by atoms with Crippen molar-refractivity contribution in [2.75, 3.05) is 32.7 Å². The quantitative estimate of drug-likeness (QED) is 0.809. The van der Waals surface area contributed by atoms with E-state index >= 15 is 0 Å². The van der Waals surface area contributed by atoms with Crippen LogP contribution in [0.2, 0.25) is 0 Å². The van der Waals surface area contributed by atoms with Crippen molar-refractivity contribution in [1.29, 1.82) is 0 Å². The summed E-state index contributed by atoms with van der Waals surface area (Å²) < 4.78 is 39.8. The first kappa shape index (κ1) is 19.5. The number of rotatable bonds is 6. The Kier molecular flexibility index (Phi) is 6.20. The van der Waals surface area contributed by atoms with Crippen LogP contribution in [0.4, 0.5) is 4.39 Å². The highest BCUT2D eigenvalue weighted by Gasteiger charge is 2.29. The maximum absolute atomic E-state index is 13.3. The standard InChI is InChI=1S/C19H22FN3O3S/c20-17-7-4-8-18(13-17)27(25,26)23-11-9-22(10-12-23)15-19(24)21-14-16-5-2-1-3-6-16/h1-8,13H,9-12,14-15H2,(H,21,24). The van der Waals surface area contributed by atoms with Gasteiger partial charge in [0.25, 0.3) is 0 Å². The molecule has 0 spiro atoms. The Morgan fingerprint density at radius 3 is 2.37 bits per heavy atom. The van der Waals surface area contributed by atoms with Crippen LogP contribution < -0.4 is 5.32 Å². The van der Waals surface area contributed by atoms with E-state index in [4.69, 9.17) is 0 Å². The third-order valence-electron chi connectivity index (χ3n) is 4.46. The Balaban J connectivity index is 1.49. The Morgan fingerprint density at radius 1 is 1.00 bits per heavy atom. The molecular formula is C19H22FN3O3S. The van der Waals surface area contributed by atoms with Gasteiger partial charge in [-0.25, -0.2) is 12.8 Å². The van der Waals surface area contributed by atoms with Gasteiger partial charge in [0.15, 0.2) is 0 Å². The molecule has 1 saturated heterocycles. The van der Waals surface area contributed by atoms with Gasteiger partial charge >= 0.3 is 0 Å². The molecule has 1 aliphatic rings. The predicted molar refractivity (Wildman–Crippen MR) is 99.9 cm³/mol. The fraction of sp³-hybridized carbons (Fsp3) is 0.316. The smallest absolute Gasteiger partial charge is 0.243 e. The highest BCUT2D eigenvalue weighted by atomic mass is 32.2. The van der Waals surface area contributed by atoms with E-state index in [2.05, 4.69) is 5.32 Å². The van der Waals surface area contributed by atoms with E-state index in [1.54, 1.807) is 0 Å². The first-order chi connectivity index (χ1) is 12.9. The summed E-state index contributed by atoms with van der Waals surface area (Å²) in [5, 5.41) is 2.87. The molecule has 1 N–H and O–H groups in total. The lowest BCUT2D eigenvalue weighted by molar-refractivity contribution is -0.122. The molecule has 2 aromatic rings. The van der Waals surface area contributed by atoms with Crippen LogP contribution in [0.25, 0.3) is 0 Å². The molecule has 27 heavy (non-hydrogen) atoms. The largest absolute Gasteiger partial charge is 0.351 e. The van der Waals surface area contributed by atoms with Gasteiger partial charge < -0.3 is 5.32 Å². The zero-order valence-electron chi connectivity index (χ0n) is 14.8. The Morgan fingerprint density at radius 2 is 1.70 bits per heavy atom. The van der Waals surface area contributed by atoms with Gasteiger partial charge in [0, 0.05) is 32.7 Å². The fourth-order valence-electron chi connectivity index (χ4n) is 2.96. The van der Waals surface area contributed by atoms with E-state index in [0.29, 0.717) is 19.6 Å². The molecular weight excluding hydrogens is 369 g/mol. The second kappa shape index (κ2) is 8.60. The lowest BCUT2D eigenvalue weighted by atomic mass is 10.2. The summed E-state index contributed by atoms with van der Waals surface area (Å²) >= 11 is 0. The van der Waals surface area contributed by atoms with Crippen LogP contribution >= 0.6 is 0 Å². The Hall–Kier alpha value is -2.29. The average molecular weight is 391 g/mol. The average Bonchev–Trinajstić information content (AvgIpc) is 2.68. The van der Waals surface area contributed by atoms with E-state index in [1.807, 2.05) is 35.2 Å². The fourth-order valence-corrected chi connectivity index (χ4v) is 4.41. The highest BCUT2D eigenvalue weighted by molar-refractivity contribution is 7.89. The third-order valence-corrected chi connectivity index (χ3v) is 6.36. The molecule has 0 aromatic heterocycles. The summed E-state index contributed by atoms with van der Waals surface area (Å²) in [6.07, 6.45) is 0. The number of piperazine rings is 1. The maximum Gasteiger partial charge on any atom is 0.243 e. The van der Waals surface area contributed by atoms with Gasteiger partial charge in [-0.15, -0.1) is 0 Å². The molecule has 1 fully saturated rings. The molecule has 0 saturated carbocycles. The first-order valence-corrected chi connectivity index (χ1v) is 10.2. The number of nitrogens with zero attached hydrogens (tertiary/aromatic N) is 2. The van der Waals surface area contributed by atoms with Crippen LogP contribution in [0, 0.1) is 5.82 Å². The minimum atomic E-state index is -3.72. The lowest BCUT2D eigenvalue weighted by Crippen LogP contribution is -2.50. The zero-order valence-corrected chi connectivity index (χ0v) is 15.7. The number of carbonyl (C=O) groups is 1. The van der Waals surface area contributed by atoms with E-state index in [9.17, 15) is 17.6 Å². The molecule has 0 radical (unpaired) electrons. The normalized spacial score (nSPS) is 16.2. The van der Waals surface area contributed by atoms with Crippen molar-refractivity contribution in [3.8, 4) is 0 Å². The van der Waals surface area contributed by atoms with Gasteiger partial charge in [-0.05, 0) is 23.8 Å². The zero-order chi connectivity index (χ0) is 19.3. The molecule has 1 aliphatic heterocycles. The van der Waals surface area contributed by atoms with Crippen molar-refractivity contribution < 1.29 is 17.6 Å². The topological polar surface area (TPSA) is 69.7 Å². The molecule has 6 nitrogen and oxygen atoms in total. The van der Waals surface area contributed by atoms with Crippen LogP contribution in [0.5, 0.6) is 0 Å². The molecule has 3 rings (SSSR count). The minimum Gasteiger partial charge on any atom is -0.351 e. The Labute approximate surface area is 158 Å². The van der Waals surface area contributed by atoms with E-state index in [1.165, 1.54) is 22.5 Å². The van der Waals surface area contributed by atoms with Crippen LogP contribution in [0.1, 0.15) is 5.56 Å². The number of amides is 1. The number of nitrogens with one attached hydrogen (secondary N) is 1. The van der Waals surface area contributed by atoms with E-state index < -0.39 is 15.8 Å². The summed E-state index contributed by atoms with van der Waals surface area (Å²) in [5.41, 5.74) is 1.02. The van der Waals surface area contributed by atoms with Gasteiger partial charge in [-0.2, -0.15) is 4.31 Å². The van der Waals surface area contributed by atoms with Crippen molar-refractivity contribution in [3.63, 3.8) is 0 Å². The van der Waals surface area contributed by atoms with Crippen molar-refractivity contribution in [1.82, 2.24) is 14.5 Å². The summed E-state index contributed by atoms with van der Waals surface area (Å²) in [6, 6.07) is 14.6. The van der Waals surface area contributed by atoms with Gasteiger partial charge in [-0.3, -0.25) is 9.69 Å². The lowest BCUT2D eigenvalue weighted by Gasteiger charge is -2.33. The molecule has 0 atom stereocenters. The second-order valence-electron chi connectivity index (χ2n) is 6.40. The molecule has 1 amide bonds. The number of hydrogen-bond donors (Lipinski definition) is 1. The monoisotopic (exact) mass is 391 g/mol. The number of hydrogen-bond acceptors (Lipinski definition) is 4. The van der Waals surface area contributed by atoms with Gasteiger partial charge in [0.2, 0.25) is 15.9 Å². The molecule has 0 aliphatic carbocycles. The molecule has 1 heterocycles. The minimum absolute atomic E-state index is 0.0449. The number of benzene rings is 2. The summed E-state index contributed by atoms with van der Waals surface area (Å²) in [4.78, 5) is 14.0. The third kappa shape index (κ3) is 5.12. The summed E-state index contributed by atoms with van der Waals surface area (Å²) in [7, 11) is -3.72. The van der Waals surface area contributed by atoms with Crippen molar-refractivity contribution in [3.05, 3.63) is 66.0 Å². The summed E-state index contributed by atoms with van der Waals surface area (Å²) in [5.74, 6) is -0.676. The van der Waals surface area contributed by atoms with Crippen LogP contribution in [0.3, 0.4) is 0 Å². The van der Waals surface area contributed by atoms with Gasteiger partial charge in [0.05, 0.1) is 11.4 Å². The SMILES string of the molecule is O=C(CN1CCN(S(=O)(=O)c2cccc(F)c2)CC1)NCc1ccccc1. The predicted octanol–water partition coefficient (Wildman–Crippen LogP) is 1.45. The molecule has 2 aromatic carbocycles. The van der Waals surface area contributed by atoms with Crippen LogP contribution in [-0.2, 0) is 21.4 Å². The number of halogens is 1. The van der Waals surface area contributed by atoms with E-state index in [-0.39, 0.29) is 30.4 Å². The molecule has 8 heteroatoms. The van der Waals surface area contributed by atoms with Crippen LogP contribution in [0.15, 0.2) is 59.5 Å². The highest BCUT2D eigenvalue weighted by Crippen LogP contribution is 2.18. The molecule has 144 valence electrons.